The Hall–Kier alpha value is -2.70. The molecule has 0 unspecified atom stereocenters. The summed E-state index contributed by atoms with van der Waals surface area (Å²) in [5, 5.41) is 3.00. The molecule has 25 heavy (non-hydrogen) atoms. The summed E-state index contributed by atoms with van der Waals surface area (Å²) in [5.41, 5.74) is 1.06. The van der Waals surface area contributed by atoms with E-state index in [1.165, 1.54) is 11.0 Å². The second-order valence-electron chi connectivity index (χ2n) is 5.18. The highest BCUT2D eigenvalue weighted by Gasteiger charge is 2.34. The summed E-state index contributed by atoms with van der Waals surface area (Å²) in [6.45, 7) is 0. The van der Waals surface area contributed by atoms with E-state index in [4.69, 9.17) is 28.6 Å². The van der Waals surface area contributed by atoms with Crippen LogP contribution in [0.15, 0.2) is 54.1 Å². The first-order chi connectivity index (χ1) is 12.0. The number of thiocarbonyl (C=S) groups is 1. The molecule has 0 spiro atoms. The molecule has 0 bridgehead atoms. The van der Waals surface area contributed by atoms with Gasteiger partial charge in [0.05, 0.1) is 12.8 Å². The molecule has 1 heterocycles. The number of nitrogens with one attached hydrogen (secondary N) is 1. The van der Waals surface area contributed by atoms with Gasteiger partial charge in [-0.25, -0.2) is 0 Å². The summed E-state index contributed by atoms with van der Waals surface area (Å²) < 4.78 is 5.11. The molecule has 0 aliphatic carbocycles. The average Bonchev–Trinajstić information content (AvgIpc) is 2.60. The predicted octanol–water partition coefficient (Wildman–Crippen LogP) is 3.18. The molecular formula is C18H13ClN2O3S. The van der Waals surface area contributed by atoms with Gasteiger partial charge < -0.3 is 4.74 Å². The van der Waals surface area contributed by atoms with E-state index < -0.39 is 11.8 Å². The third kappa shape index (κ3) is 3.40. The minimum absolute atomic E-state index is 0.0245. The first kappa shape index (κ1) is 17.1. The Morgan fingerprint density at radius 2 is 1.80 bits per heavy atom. The van der Waals surface area contributed by atoms with Gasteiger partial charge in [-0.05, 0) is 54.2 Å². The Morgan fingerprint density at radius 1 is 1.12 bits per heavy atom. The predicted molar refractivity (Wildman–Crippen MR) is 101 cm³/mol. The number of benzene rings is 2. The number of carbonyl (C=O) groups excluding carboxylic acids is 2. The number of carbonyl (C=O) groups is 2. The van der Waals surface area contributed by atoms with E-state index >= 15 is 0 Å². The van der Waals surface area contributed by atoms with Crippen molar-refractivity contribution in [3.8, 4) is 5.75 Å². The van der Waals surface area contributed by atoms with Gasteiger partial charge in [-0.15, -0.1) is 0 Å². The van der Waals surface area contributed by atoms with Crippen molar-refractivity contribution >= 4 is 52.5 Å². The molecule has 1 N–H and O–H groups in total. The summed E-state index contributed by atoms with van der Waals surface area (Å²) in [7, 11) is 1.55. The molecule has 2 aromatic rings. The molecule has 0 atom stereocenters. The first-order valence-corrected chi connectivity index (χ1v) is 8.10. The fourth-order valence-corrected chi connectivity index (χ4v) is 2.84. The molecule has 0 radical (unpaired) electrons. The summed E-state index contributed by atoms with van der Waals surface area (Å²) in [6, 6.07) is 13.7. The number of methoxy groups -OCH3 is 1. The van der Waals surface area contributed by atoms with E-state index in [0.29, 0.717) is 22.0 Å². The highest BCUT2D eigenvalue weighted by molar-refractivity contribution is 7.80. The maximum Gasteiger partial charge on any atom is 0.270 e. The number of ether oxygens (including phenoxy) is 1. The Labute approximate surface area is 154 Å². The van der Waals surface area contributed by atoms with Crippen LogP contribution in [-0.4, -0.2) is 24.0 Å². The molecule has 7 heteroatoms. The Balaban J connectivity index is 2.01. The lowest BCUT2D eigenvalue weighted by Crippen LogP contribution is -2.54. The van der Waals surface area contributed by atoms with Crippen molar-refractivity contribution in [3.05, 3.63) is 64.7 Å². The molecule has 0 saturated carbocycles. The number of hydrogen-bond acceptors (Lipinski definition) is 4. The Bertz CT molecular complexity index is 893. The molecule has 1 fully saturated rings. The number of amides is 2. The van der Waals surface area contributed by atoms with Gasteiger partial charge in [-0.2, -0.15) is 0 Å². The van der Waals surface area contributed by atoms with Crippen LogP contribution >= 0.6 is 23.8 Å². The molecule has 1 saturated heterocycles. The monoisotopic (exact) mass is 372 g/mol. The standard InChI is InChI=1S/C18H13ClN2O3S/c1-24-13-8-6-12(7-9-13)21-17(23)14(16(22)20-18(21)25)10-11-4-2-3-5-15(11)19/h2-10H,1H3,(H,20,22,25)/b14-10-. The molecular weight excluding hydrogens is 360 g/mol. The highest BCUT2D eigenvalue weighted by Crippen LogP contribution is 2.25. The minimum atomic E-state index is -0.556. The molecule has 1 aliphatic rings. The second-order valence-corrected chi connectivity index (χ2v) is 5.97. The van der Waals surface area contributed by atoms with Crippen LogP contribution in [0, 0.1) is 0 Å². The highest BCUT2D eigenvalue weighted by atomic mass is 35.5. The van der Waals surface area contributed by atoms with E-state index in [9.17, 15) is 9.59 Å². The fraction of sp³-hybridized carbons (Fsp3) is 0.0556. The minimum Gasteiger partial charge on any atom is -0.497 e. The SMILES string of the molecule is COc1ccc(N2C(=O)/C(=C\c3ccccc3Cl)C(=O)NC2=S)cc1. The molecule has 2 amide bonds. The van der Waals surface area contributed by atoms with E-state index in [0.717, 1.165) is 0 Å². The van der Waals surface area contributed by atoms with Gasteiger partial charge in [0, 0.05) is 5.02 Å². The summed E-state index contributed by atoms with van der Waals surface area (Å²) >= 11 is 11.3. The smallest absolute Gasteiger partial charge is 0.270 e. The number of nitrogens with zero attached hydrogens (tertiary/aromatic N) is 1. The topological polar surface area (TPSA) is 58.6 Å². The summed E-state index contributed by atoms with van der Waals surface area (Å²) in [4.78, 5) is 26.3. The first-order valence-electron chi connectivity index (χ1n) is 7.31. The van der Waals surface area contributed by atoms with Gasteiger partial charge in [0.15, 0.2) is 5.11 Å². The Morgan fingerprint density at radius 3 is 2.44 bits per heavy atom. The van der Waals surface area contributed by atoms with Gasteiger partial charge in [-0.1, -0.05) is 29.8 Å². The summed E-state index contributed by atoms with van der Waals surface area (Å²) in [5.74, 6) is -0.423. The van der Waals surface area contributed by atoms with E-state index in [-0.39, 0.29) is 10.7 Å². The van der Waals surface area contributed by atoms with Crippen molar-refractivity contribution in [2.45, 2.75) is 0 Å². The van der Waals surface area contributed by atoms with E-state index in [2.05, 4.69) is 5.32 Å². The zero-order valence-corrected chi connectivity index (χ0v) is 14.7. The van der Waals surface area contributed by atoms with Gasteiger partial charge in [-0.3, -0.25) is 19.8 Å². The number of halogens is 1. The lowest BCUT2D eigenvalue weighted by Gasteiger charge is -2.29. The lowest BCUT2D eigenvalue weighted by molar-refractivity contribution is -0.122. The zero-order valence-electron chi connectivity index (χ0n) is 13.2. The van der Waals surface area contributed by atoms with Crippen LogP contribution in [0.1, 0.15) is 5.56 Å². The van der Waals surface area contributed by atoms with Crippen LogP contribution < -0.4 is 15.0 Å². The third-order valence-electron chi connectivity index (χ3n) is 3.64. The third-order valence-corrected chi connectivity index (χ3v) is 4.27. The molecule has 0 aromatic heterocycles. The quantitative estimate of drug-likeness (QED) is 0.510. The van der Waals surface area contributed by atoms with Crippen molar-refractivity contribution in [3.63, 3.8) is 0 Å². The van der Waals surface area contributed by atoms with Crippen LogP contribution in [0.5, 0.6) is 5.75 Å². The lowest BCUT2D eigenvalue weighted by atomic mass is 10.1. The van der Waals surface area contributed by atoms with Gasteiger partial charge >= 0.3 is 0 Å². The van der Waals surface area contributed by atoms with Crippen molar-refractivity contribution in [1.29, 1.82) is 0 Å². The number of anilines is 1. The van der Waals surface area contributed by atoms with Crippen molar-refractivity contribution in [2.24, 2.45) is 0 Å². The largest absolute Gasteiger partial charge is 0.497 e. The van der Waals surface area contributed by atoms with Crippen LogP contribution in [0.2, 0.25) is 5.02 Å². The number of rotatable bonds is 3. The Kier molecular flexibility index (Phi) is 4.83. The van der Waals surface area contributed by atoms with E-state index in [1.807, 2.05) is 0 Å². The second kappa shape index (κ2) is 7.04. The normalized spacial score (nSPS) is 16.2. The van der Waals surface area contributed by atoms with Crippen LogP contribution in [0.4, 0.5) is 5.69 Å². The average molecular weight is 373 g/mol. The van der Waals surface area contributed by atoms with Crippen molar-refractivity contribution in [1.82, 2.24) is 5.32 Å². The van der Waals surface area contributed by atoms with Crippen LogP contribution in [-0.2, 0) is 9.59 Å². The zero-order chi connectivity index (χ0) is 18.0. The molecule has 2 aromatic carbocycles. The van der Waals surface area contributed by atoms with Crippen molar-refractivity contribution < 1.29 is 14.3 Å². The number of hydrogen-bond donors (Lipinski definition) is 1. The summed E-state index contributed by atoms with van der Waals surface area (Å²) in [6.07, 6.45) is 1.46. The molecule has 126 valence electrons. The van der Waals surface area contributed by atoms with Gasteiger partial charge in [0.25, 0.3) is 11.8 Å². The van der Waals surface area contributed by atoms with E-state index in [1.54, 1.807) is 55.6 Å². The maximum absolute atomic E-state index is 12.9. The van der Waals surface area contributed by atoms with Crippen molar-refractivity contribution in [2.75, 3.05) is 12.0 Å². The molecule has 1 aliphatic heterocycles. The fourth-order valence-electron chi connectivity index (χ4n) is 2.37. The maximum atomic E-state index is 12.9. The van der Waals surface area contributed by atoms with Gasteiger partial charge in [0.2, 0.25) is 0 Å². The molecule has 5 nitrogen and oxygen atoms in total. The molecule has 3 rings (SSSR count). The van der Waals surface area contributed by atoms with Gasteiger partial charge in [0.1, 0.15) is 11.3 Å². The van der Waals surface area contributed by atoms with Crippen LogP contribution in [0.25, 0.3) is 6.08 Å². The van der Waals surface area contributed by atoms with Crippen LogP contribution in [0.3, 0.4) is 0 Å².